The van der Waals surface area contributed by atoms with Crippen LogP contribution in [0.2, 0.25) is 0 Å². The fourth-order valence-corrected chi connectivity index (χ4v) is 6.22. The van der Waals surface area contributed by atoms with E-state index in [2.05, 4.69) is 28.5 Å². The first-order valence-electron chi connectivity index (χ1n) is 10.7. The molecule has 3 aliphatic carbocycles. The Labute approximate surface area is 171 Å². The molecule has 5 heteroatoms. The number of pyridine rings is 1. The molecule has 0 aliphatic heterocycles. The minimum Gasteiger partial charge on any atom is -0.508 e. The number of carbonyl (C=O) groups is 1. The number of nitrogens with zero attached hydrogens (tertiary/aromatic N) is 2. The third-order valence-corrected chi connectivity index (χ3v) is 7.67. The maximum atomic E-state index is 12.4. The molecule has 2 aromatic rings. The lowest BCUT2D eigenvalue weighted by molar-refractivity contribution is 0.0930. The Kier molecular flexibility index (Phi) is 4.41. The van der Waals surface area contributed by atoms with Crippen LogP contribution in [0.4, 0.5) is 0 Å². The Morgan fingerprint density at radius 2 is 2.14 bits per heavy atom. The lowest BCUT2D eigenvalue weighted by atomic mass is 9.55. The van der Waals surface area contributed by atoms with Crippen molar-refractivity contribution in [1.82, 2.24) is 10.4 Å². The average molecular weight is 389 g/mol. The summed E-state index contributed by atoms with van der Waals surface area (Å²) in [5, 5.41) is 14.4. The normalized spacial score (nSPS) is 31.6. The van der Waals surface area contributed by atoms with Gasteiger partial charge in [-0.15, -0.1) is 0 Å². The van der Waals surface area contributed by atoms with Crippen molar-refractivity contribution in [3.05, 3.63) is 59.4 Å². The molecular weight excluding hydrogens is 362 g/mol. The Morgan fingerprint density at radius 3 is 2.97 bits per heavy atom. The zero-order chi connectivity index (χ0) is 20.0. The highest BCUT2D eigenvalue weighted by Crippen LogP contribution is 2.59. The molecule has 0 bridgehead atoms. The second-order valence-corrected chi connectivity index (χ2v) is 9.03. The molecular formula is C24H27N3O2. The van der Waals surface area contributed by atoms with Crippen LogP contribution in [0.1, 0.15) is 66.4 Å². The van der Waals surface area contributed by atoms with Crippen molar-refractivity contribution in [3.8, 4) is 5.75 Å². The van der Waals surface area contributed by atoms with Crippen LogP contribution >= 0.6 is 0 Å². The molecule has 0 radical (unpaired) electrons. The van der Waals surface area contributed by atoms with Gasteiger partial charge in [0, 0.05) is 23.5 Å². The first-order chi connectivity index (χ1) is 14.1. The van der Waals surface area contributed by atoms with Crippen LogP contribution in [0.5, 0.6) is 5.75 Å². The smallest absolute Gasteiger partial charge is 0.272 e. The van der Waals surface area contributed by atoms with Gasteiger partial charge in [0.2, 0.25) is 0 Å². The minimum absolute atomic E-state index is 0.0673. The number of fused-ring (bicyclic) bond motifs is 5. The molecule has 2 fully saturated rings. The number of aromatic nitrogens is 1. The zero-order valence-electron chi connectivity index (χ0n) is 16.8. The van der Waals surface area contributed by atoms with E-state index in [1.54, 1.807) is 24.5 Å². The number of nitrogens with one attached hydrogen (secondary N) is 1. The van der Waals surface area contributed by atoms with Gasteiger partial charge in [-0.3, -0.25) is 9.78 Å². The van der Waals surface area contributed by atoms with Crippen molar-refractivity contribution in [2.45, 2.75) is 51.4 Å². The molecule has 1 amide bonds. The van der Waals surface area contributed by atoms with Crippen molar-refractivity contribution < 1.29 is 9.90 Å². The standard InChI is InChI=1S/C24H27N3O2/c1-24-11-10-19-18-7-5-17(28)13-15(18)4-6-20(19)21(24)8-9-22(24)26-27-23(29)16-3-2-12-25-14-16/h2-3,5,7,12-14,19-21,28H,4,6,8-11H2,1H3,(H,27,29)/b26-22-/t19-,20?,21+,24?/m1/s1. The molecule has 150 valence electrons. The molecule has 29 heavy (non-hydrogen) atoms. The predicted molar refractivity (Wildman–Crippen MR) is 112 cm³/mol. The average Bonchev–Trinajstić information content (AvgIpc) is 3.08. The van der Waals surface area contributed by atoms with E-state index in [-0.39, 0.29) is 11.3 Å². The molecule has 4 atom stereocenters. The van der Waals surface area contributed by atoms with E-state index in [0.717, 1.165) is 37.8 Å². The third-order valence-electron chi connectivity index (χ3n) is 7.67. The van der Waals surface area contributed by atoms with Crippen LogP contribution in [-0.4, -0.2) is 21.7 Å². The number of aromatic hydroxyl groups is 1. The topological polar surface area (TPSA) is 74.6 Å². The quantitative estimate of drug-likeness (QED) is 0.746. The van der Waals surface area contributed by atoms with Gasteiger partial charge in [0.15, 0.2) is 0 Å². The molecule has 2 saturated carbocycles. The number of hydrogen-bond donors (Lipinski definition) is 2. The summed E-state index contributed by atoms with van der Waals surface area (Å²) in [5.41, 5.74) is 7.29. The third kappa shape index (κ3) is 3.04. The lowest BCUT2D eigenvalue weighted by Crippen LogP contribution is -2.43. The number of hydrogen-bond acceptors (Lipinski definition) is 4. The van der Waals surface area contributed by atoms with Crippen molar-refractivity contribution in [2.24, 2.45) is 22.4 Å². The van der Waals surface area contributed by atoms with Gasteiger partial charge < -0.3 is 5.11 Å². The molecule has 3 aliphatic rings. The fraction of sp³-hybridized carbons (Fsp3) is 0.458. The Bertz CT molecular complexity index is 971. The molecule has 1 heterocycles. The summed E-state index contributed by atoms with van der Waals surface area (Å²) in [6, 6.07) is 9.45. The van der Waals surface area contributed by atoms with Crippen LogP contribution in [0.15, 0.2) is 47.8 Å². The predicted octanol–water partition coefficient (Wildman–Crippen LogP) is 4.43. The number of amides is 1. The summed E-state index contributed by atoms with van der Waals surface area (Å²) in [6.07, 6.45) is 9.79. The van der Waals surface area contributed by atoms with E-state index in [1.165, 1.54) is 17.5 Å². The van der Waals surface area contributed by atoms with E-state index in [1.807, 2.05) is 12.1 Å². The Hall–Kier alpha value is -2.69. The SMILES string of the molecule is CC12CC[C@@H]3c4ccc(O)cc4CCC3[C@@H]1CC/C2=N/NC(=O)c1cccnc1. The number of phenols is 1. The number of phenolic OH excluding ortho intramolecular Hbond substituents is 1. The molecule has 5 nitrogen and oxygen atoms in total. The van der Waals surface area contributed by atoms with Gasteiger partial charge in [0.25, 0.3) is 5.91 Å². The zero-order valence-corrected chi connectivity index (χ0v) is 16.8. The van der Waals surface area contributed by atoms with Crippen molar-refractivity contribution >= 4 is 11.6 Å². The monoisotopic (exact) mass is 389 g/mol. The summed E-state index contributed by atoms with van der Waals surface area (Å²) in [4.78, 5) is 16.4. The van der Waals surface area contributed by atoms with E-state index in [0.29, 0.717) is 29.1 Å². The molecule has 0 saturated heterocycles. The van der Waals surface area contributed by atoms with E-state index < -0.39 is 0 Å². The van der Waals surface area contributed by atoms with E-state index in [9.17, 15) is 9.90 Å². The van der Waals surface area contributed by atoms with Crippen molar-refractivity contribution in [1.29, 1.82) is 0 Å². The summed E-state index contributed by atoms with van der Waals surface area (Å²) < 4.78 is 0. The number of benzene rings is 1. The van der Waals surface area contributed by atoms with Crippen LogP contribution < -0.4 is 5.43 Å². The molecule has 5 rings (SSSR count). The number of hydrazone groups is 1. The second kappa shape index (κ2) is 6.97. The summed E-state index contributed by atoms with van der Waals surface area (Å²) in [6.45, 7) is 2.35. The van der Waals surface area contributed by atoms with Gasteiger partial charge >= 0.3 is 0 Å². The van der Waals surface area contributed by atoms with Gasteiger partial charge in [-0.05, 0) is 91.7 Å². The molecule has 1 aromatic heterocycles. The lowest BCUT2D eigenvalue weighted by Gasteiger charge is -2.49. The Morgan fingerprint density at radius 1 is 1.24 bits per heavy atom. The first-order valence-corrected chi connectivity index (χ1v) is 10.7. The minimum atomic E-state index is -0.197. The molecule has 0 spiro atoms. The number of aryl methyl sites for hydroxylation is 1. The van der Waals surface area contributed by atoms with Crippen LogP contribution in [0.25, 0.3) is 0 Å². The second-order valence-electron chi connectivity index (χ2n) is 9.03. The van der Waals surface area contributed by atoms with Crippen LogP contribution in [0, 0.1) is 17.3 Å². The van der Waals surface area contributed by atoms with E-state index in [4.69, 9.17) is 0 Å². The highest BCUT2D eigenvalue weighted by Gasteiger charge is 2.53. The van der Waals surface area contributed by atoms with Crippen LogP contribution in [-0.2, 0) is 6.42 Å². The van der Waals surface area contributed by atoms with Crippen LogP contribution in [0.3, 0.4) is 0 Å². The maximum Gasteiger partial charge on any atom is 0.272 e. The van der Waals surface area contributed by atoms with Gasteiger partial charge in [-0.2, -0.15) is 5.10 Å². The molecule has 2 unspecified atom stereocenters. The highest BCUT2D eigenvalue weighted by atomic mass is 16.3. The van der Waals surface area contributed by atoms with Gasteiger partial charge in [-0.25, -0.2) is 5.43 Å². The summed E-state index contributed by atoms with van der Waals surface area (Å²) in [7, 11) is 0. The van der Waals surface area contributed by atoms with E-state index >= 15 is 0 Å². The molecule has 1 aromatic carbocycles. The van der Waals surface area contributed by atoms with Gasteiger partial charge in [0.1, 0.15) is 5.75 Å². The largest absolute Gasteiger partial charge is 0.508 e. The fourth-order valence-electron chi connectivity index (χ4n) is 6.22. The highest BCUT2D eigenvalue weighted by molar-refractivity contribution is 5.97. The maximum absolute atomic E-state index is 12.4. The summed E-state index contributed by atoms with van der Waals surface area (Å²) >= 11 is 0. The number of carbonyl (C=O) groups excluding carboxylic acids is 1. The van der Waals surface area contributed by atoms with Gasteiger partial charge in [0.05, 0.1) is 5.56 Å². The van der Waals surface area contributed by atoms with Gasteiger partial charge in [-0.1, -0.05) is 13.0 Å². The Balaban J connectivity index is 1.36. The summed E-state index contributed by atoms with van der Waals surface area (Å²) in [5.74, 6) is 2.03. The number of rotatable bonds is 2. The van der Waals surface area contributed by atoms with Crippen molar-refractivity contribution in [3.63, 3.8) is 0 Å². The van der Waals surface area contributed by atoms with Crippen molar-refractivity contribution in [2.75, 3.05) is 0 Å². The first kappa shape index (κ1) is 18.3. The molecule has 2 N–H and O–H groups in total.